The van der Waals surface area contributed by atoms with Crippen molar-refractivity contribution in [2.45, 2.75) is 40.7 Å². The Morgan fingerprint density at radius 3 is 2.64 bits per heavy atom. The van der Waals surface area contributed by atoms with Gasteiger partial charge in [0.05, 0.1) is 0 Å². The molecule has 0 aliphatic rings. The monoisotopic (exact) mass is 212 g/mol. The minimum absolute atomic E-state index is 0.352. The number of hydrogen-bond donors (Lipinski definition) is 1. The van der Waals surface area contributed by atoms with Crippen LogP contribution in [0.1, 0.15) is 37.6 Å². The fraction of sp³-hybridized carbons (Fsp3) is 0.727. The van der Waals surface area contributed by atoms with Crippen LogP contribution < -0.4 is 5.32 Å². The Labute approximate surface area is 90.8 Å². The molecule has 0 aliphatic heterocycles. The molecule has 0 aromatic carbocycles. The Bertz CT molecular complexity index is 273. The van der Waals surface area contributed by atoms with Crippen molar-refractivity contribution in [3.05, 3.63) is 16.1 Å². The molecule has 0 saturated carbocycles. The van der Waals surface area contributed by atoms with E-state index in [2.05, 4.69) is 38.0 Å². The molecule has 0 bridgehead atoms. The van der Waals surface area contributed by atoms with Crippen molar-refractivity contribution in [2.75, 3.05) is 6.54 Å². The summed E-state index contributed by atoms with van der Waals surface area (Å²) in [7, 11) is 0. The van der Waals surface area contributed by atoms with Crippen LogP contribution in [0.2, 0.25) is 0 Å². The second kappa shape index (κ2) is 4.89. The molecule has 0 unspecified atom stereocenters. The number of thiazole rings is 1. The summed E-state index contributed by atoms with van der Waals surface area (Å²) in [5.74, 6) is 0. The van der Waals surface area contributed by atoms with Crippen LogP contribution in [0.3, 0.4) is 0 Å². The molecular formula is C11H20N2S. The first-order chi connectivity index (χ1) is 6.51. The zero-order chi connectivity index (χ0) is 10.6. The maximum absolute atomic E-state index is 4.36. The molecule has 0 spiro atoms. The van der Waals surface area contributed by atoms with Crippen molar-refractivity contribution < 1.29 is 0 Å². The molecule has 1 heterocycles. The number of aryl methyl sites for hydroxylation is 1. The Morgan fingerprint density at radius 1 is 1.43 bits per heavy atom. The van der Waals surface area contributed by atoms with Crippen LogP contribution in [0.15, 0.2) is 6.20 Å². The normalized spacial score (nSPS) is 12.0. The van der Waals surface area contributed by atoms with E-state index in [-0.39, 0.29) is 0 Å². The zero-order valence-electron chi connectivity index (χ0n) is 9.55. The Balaban J connectivity index is 2.31. The highest BCUT2D eigenvalue weighted by molar-refractivity contribution is 7.11. The van der Waals surface area contributed by atoms with Gasteiger partial charge in [-0.15, -0.1) is 11.3 Å². The highest BCUT2D eigenvalue weighted by Crippen LogP contribution is 2.14. The van der Waals surface area contributed by atoms with Crippen LogP contribution in [0.25, 0.3) is 0 Å². The van der Waals surface area contributed by atoms with Crippen LogP contribution in [-0.4, -0.2) is 11.5 Å². The molecule has 0 radical (unpaired) electrons. The van der Waals surface area contributed by atoms with Crippen molar-refractivity contribution in [3.8, 4) is 0 Å². The molecule has 1 rings (SSSR count). The summed E-state index contributed by atoms with van der Waals surface area (Å²) in [6.07, 6.45) is 3.08. The SMILES string of the molecule is CCc1cnc(CNCC(C)(C)C)s1. The van der Waals surface area contributed by atoms with Crippen LogP contribution in [-0.2, 0) is 13.0 Å². The van der Waals surface area contributed by atoms with E-state index < -0.39 is 0 Å². The molecule has 1 N–H and O–H groups in total. The first-order valence-electron chi connectivity index (χ1n) is 5.15. The molecule has 0 atom stereocenters. The van der Waals surface area contributed by atoms with Crippen molar-refractivity contribution in [2.24, 2.45) is 5.41 Å². The van der Waals surface area contributed by atoms with Gasteiger partial charge in [0.2, 0.25) is 0 Å². The smallest absolute Gasteiger partial charge is 0.107 e. The van der Waals surface area contributed by atoms with Gasteiger partial charge < -0.3 is 5.32 Å². The second-order valence-electron chi connectivity index (χ2n) is 4.74. The van der Waals surface area contributed by atoms with Gasteiger partial charge in [0, 0.05) is 24.2 Å². The van der Waals surface area contributed by atoms with E-state index in [1.54, 1.807) is 0 Å². The summed E-state index contributed by atoms with van der Waals surface area (Å²) in [4.78, 5) is 5.74. The van der Waals surface area contributed by atoms with Gasteiger partial charge >= 0.3 is 0 Å². The van der Waals surface area contributed by atoms with Gasteiger partial charge in [0.1, 0.15) is 5.01 Å². The van der Waals surface area contributed by atoms with E-state index in [4.69, 9.17) is 0 Å². The lowest BCUT2D eigenvalue weighted by Gasteiger charge is -2.18. The molecule has 0 saturated heterocycles. The third-order valence-electron chi connectivity index (χ3n) is 1.88. The standard InChI is InChI=1S/C11H20N2S/c1-5-9-6-13-10(14-9)7-12-8-11(2,3)4/h6,12H,5,7-8H2,1-4H3. The van der Waals surface area contributed by atoms with Gasteiger partial charge in [0.25, 0.3) is 0 Å². The number of aromatic nitrogens is 1. The van der Waals surface area contributed by atoms with E-state index >= 15 is 0 Å². The third kappa shape index (κ3) is 4.20. The average Bonchev–Trinajstić information content (AvgIpc) is 2.50. The lowest BCUT2D eigenvalue weighted by molar-refractivity contribution is 0.379. The summed E-state index contributed by atoms with van der Waals surface area (Å²) in [5.41, 5.74) is 0.352. The Morgan fingerprint density at radius 2 is 2.14 bits per heavy atom. The van der Waals surface area contributed by atoms with Crippen LogP contribution in [0.4, 0.5) is 0 Å². The fourth-order valence-corrected chi connectivity index (χ4v) is 1.97. The summed E-state index contributed by atoms with van der Waals surface area (Å²) in [5, 5.41) is 4.63. The van der Waals surface area contributed by atoms with Crippen molar-refractivity contribution in [3.63, 3.8) is 0 Å². The number of rotatable bonds is 4. The first kappa shape index (κ1) is 11.7. The molecular weight excluding hydrogens is 192 g/mol. The zero-order valence-corrected chi connectivity index (χ0v) is 10.4. The van der Waals surface area contributed by atoms with Crippen LogP contribution >= 0.6 is 11.3 Å². The number of hydrogen-bond acceptors (Lipinski definition) is 3. The predicted molar refractivity (Wildman–Crippen MR) is 62.7 cm³/mol. The van der Waals surface area contributed by atoms with E-state index in [0.29, 0.717) is 5.41 Å². The Hall–Kier alpha value is -0.410. The third-order valence-corrected chi connectivity index (χ3v) is 3.02. The van der Waals surface area contributed by atoms with E-state index in [1.807, 2.05) is 17.5 Å². The lowest BCUT2D eigenvalue weighted by Crippen LogP contribution is -2.26. The van der Waals surface area contributed by atoms with Crippen LogP contribution in [0.5, 0.6) is 0 Å². The highest BCUT2D eigenvalue weighted by atomic mass is 32.1. The topological polar surface area (TPSA) is 24.9 Å². The predicted octanol–water partition coefficient (Wildman–Crippen LogP) is 2.84. The molecule has 0 aliphatic carbocycles. The summed E-state index contributed by atoms with van der Waals surface area (Å²) in [6, 6.07) is 0. The molecule has 14 heavy (non-hydrogen) atoms. The van der Waals surface area contributed by atoms with Crippen LogP contribution in [0, 0.1) is 5.41 Å². The van der Waals surface area contributed by atoms with E-state index in [1.165, 1.54) is 9.88 Å². The number of nitrogens with zero attached hydrogens (tertiary/aromatic N) is 1. The van der Waals surface area contributed by atoms with Crippen molar-refractivity contribution in [1.82, 2.24) is 10.3 Å². The molecule has 3 heteroatoms. The molecule has 0 fully saturated rings. The van der Waals surface area contributed by atoms with Gasteiger partial charge in [0.15, 0.2) is 0 Å². The lowest BCUT2D eigenvalue weighted by atomic mass is 9.97. The van der Waals surface area contributed by atoms with Crippen molar-refractivity contribution in [1.29, 1.82) is 0 Å². The minimum atomic E-state index is 0.352. The fourth-order valence-electron chi connectivity index (χ4n) is 1.14. The van der Waals surface area contributed by atoms with Gasteiger partial charge in [-0.3, -0.25) is 0 Å². The molecule has 1 aromatic rings. The first-order valence-corrected chi connectivity index (χ1v) is 5.97. The number of nitrogens with one attached hydrogen (secondary N) is 1. The summed E-state index contributed by atoms with van der Waals surface area (Å²) >= 11 is 1.81. The minimum Gasteiger partial charge on any atom is -0.310 e. The average molecular weight is 212 g/mol. The Kier molecular flexibility index (Phi) is 4.08. The van der Waals surface area contributed by atoms with Gasteiger partial charge in [-0.25, -0.2) is 4.98 Å². The second-order valence-corrected chi connectivity index (χ2v) is 5.94. The molecule has 2 nitrogen and oxygen atoms in total. The highest BCUT2D eigenvalue weighted by Gasteiger charge is 2.09. The van der Waals surface area contributed by atoms with Crippen molar-refractivity contribution >= 4 is 11.3 Å². The van der Waals surface area contributed by atoms with Gasteiger partial charge in [-0.2, -0.15) is 0 Å². The summed E-state index contributed by atoms with van der Waals surface area (Å²) < 4.78 is 0. The quantitative estimate of drug-likeness (QED) is 0.830. The van der Waals surface area contributed by atoms with Gasteiger partial charge in [-0.05, 0) is 11.8 Å². The molecule has 80 valence electrons. The largest absolute Gasteiger partial charge is 0.310 e. The molecule has 1 aromatic heterocycles. The molecule has 0 amide bonds. The maximum Gasteiger partial charge on any atom is 0.107 e. The summed E-state index contributed by atoms with van der Waals surface area (Å²) in [6.45, 7) is 10.8. The van der Waals surface area contributed by atoms with E-state index in [9.17, 15) is 0 Å². The van der Waals surface area contributed by atoms with Gasteiger partial charge in [-0.1, -0.05) is 27.7 Å². The van der Waals surface area contributed by atoms with E-state index in [0.717, 1.165) is 19.5 Å². The maximum atomic E-state index is 4.36.